The van der Waals surface area contributed by atoms with Crippen molar-refractivity contribution >= 4 is 23.2 Å². The molecule has 9 heteroatoms. The van der Waals surface area contributed by atoms with Crippen molar-refractivity contribution in [2.24, 2.45) is 5.92 Å². The molecule has 66 heavy (non-hydrogen) atoms. The SMILES string of the molecule is CCCc1ccc(-c2cc(NC(=O)C3(c4ccc5c(c4)OCO5)CC3)ccc2C)cc1.Cc1ccc(NC(=O)C2(c3ccc4c(c3)OCO4)CC2)cc1-c1ccc(CN(C)CC(C)C)cc1. The number of aryl methyl sites for hydroxylation is 3. The van der Waals surface area contributed by atoms with Crippen molar-refractivity contribution in [3.05, 3.63) is 155 Å². The van der Waals surface area contributed by atoms with Gasteiger partial charge in [-0.05, 0) is 163 Å². The molecule has 2 aliphatic heterocycles. The minimum Gasteiger partial charge on any atom is -0.454 e. The Morgan fingerprint density at radius 2 is 1.02 bits per heavy atom. The molecule has 9 nitrogen and oxygen atoms in total. The van der Waals surface area contributed by atoms with Crippen LogP contribution in [0.3, 0.4) is 0 Å². The highest BCUT2D eigenvalue weighted by molar-refractivity contribution is 6.03. The zero-order chi connectivity index (χ0) is 46.0. The Balaban J connectivity index is 0.000000167. The fraction of sp³-hybridized carbons (Fsp3) is 0.333. The average molecular weight is 884 g/mol. The fourth-order valence-electron chi connectivity index (χ4n) is 9.38. The molecule has 2 heterocycles. The third kappa shape index (κ3) is 9.54. The van der Waals surface area contributed by atoms with Gasteiger partial charge in [-0.3, -0.25) is 9.59 Å². The number of benzene rings is 6. The van der Waals surface area contributed by atoms with Crippen LogP contribution in [0.25, 0.3) is 22.3 Å². The summed E-state index contributed by atoms with van der Waals surface area (Å²) in [7, 11) is 2.17. The van der Waals surface area contributed by atoms with E-state index in [0.717, 1.165) is 114 Å². The van der Waals surface area contributed by atoms with Gasteiger partial charge in [-0.2, -0.15) is 0 Å². The molecule has 0 atom stereocenters. The number of anilines is 2. The molecule has 2 fully saturated rings. The lowest BCUT2D eigenvalue weighted by Gasteiger charge is -2.19. The van der Waals surface area contributed by atoms with Crippen molar-refractivity contribution in [3.63, 3.8) is 0 Å². The second-order valence-electron chi connectivity index (χ2n) is 19.0. The normalized spacial score (nSPS) is 15.5. The zero-order valence-electron chi connectivity index (χ0n) is 39.1. The van der Waals surface area contributed by atoms with Gasteiger partial charge in [-0.15, -0.1) is 0 Å². The maximum absolute atomic E-state index is 13.4. The number of nitrogens with one attached hydrogen (secondary N) is 2. The standard InChI is InChI=1S/C30H34N2O3.C27H27NO3/c1-20(2)17-32(4)18-22-6-8-23(9-7-22)26-16-25(11-5-21(26)3)31-29(33)30(13-14-30)24-10-12-27-28(15-24)35-19-34-27;1-3-4-19-6-8-20(9-7-19)23-16-22(11-5-18(23)2)28-26(29)27(13-14-27)21-10-12-24-25(15-21)31-17-30-24/h5-12,15-16,20H,13-14,17-19H2,1-4H3,(H,31,33);5-12,15-16H,3-4,13-14,17H2,1-2H3,(H,28,29). The first-order valence-corrected chi connectivity index (χ1v) is 23.4. The Morgan fingerprint density at radius 3 is 1.44 bits per heavy atom. The quantitative estimate of drug-likeness (QED) is 0.112. The molecule has 2 N–H and O–H groups in total. The van der Waals surface area contributed by atoms with E-state index in [0.29, 0.717) is 5.92 Å². The molecule has 4 aliphatic rings. The first kappa shape index (κ1) is 44.6. The molecule has 2 amide bonds. The van der Waals surface area contributed by atoms with E-state index >= 15 is 0 Å². The highest BCUT2D eigenvalue weighted by atomic mass is 16.7. The molecule has 0 spiro atoms. The topological polar surface area (TPSA) is 98.4 Å². The number of hydrogen-bond donors (Lipinski definition) is 2. The van der Waals surface area contributed by atoms with Crippen LogP contribution in [0.15, 0.2) is 121 Å². The molecule has 10 rings (SSSR count). The van der Waals surface area contributed by atoms with Gasteiger partial charge in [0.25, 0.3) is 0 Å². The van der Waals surface area contributed by atoms with Gasteiger partial charge in [0.2, 0.25) is 25.4 Å². The Bertz CT molecular complexity index is 2740. The number of ether oxygens (including phenoxy) is 4. The van der Waals surface area contributed by atoms with Crippen LogP contribution in [-0.4, -0.2) is 43.9 Å². The van der Waals surface area contributed by atoms with Crippen molar-refractivity contribution in [1.82, 2.24) is 4.90 Å². The highest BCUT2D eigenvalue weighted by Crippen LogP contribution is 2.52. The first-order valence-electron chi connectivity index (χ1n) is 23.4. The number of amides is 2. The Morgan fingerprint density at radius 1 is 0.576 bits per heavy atom. The highest BCUT2D eigenvalue weighted by Gasteiger charge is 2.52. The van der Waals surface area contributed by atoms with Crippen LogP contribution in [0, 0.1) is 19.8 Å². The number of rotatable bonds is 14. The van der Waals surface area contributed by atoms with Crippen LogP contribution in [0.4, 0.5) is 11.4 Å². The summed E-state index contributed by atoms with van der Waals surface area (Å²) in [5.41, 5.74) is 12.3. The van der Waals surface area contributed by atoms with E-state index in [-0.39, 0.29) is 25.4 Å². The first-order chi connectivity index (χ1) is 31.9. The van der Waals surface area contributed by atoms with Gasteiger partial charge in [0, 0.05) is 24.5 Å². The van der Waals surface area contributed by atoms with Gasteiger partial charge in [-0.25, -0.2) is 0 Å². The smallest absolute Gasteiger partial charge is 0.235 e. The molecule has 0 saturated heterocycles. The van der Waals surface area contributed by atoms with Gasteiger partial charge in [0.1, 0.15) is 0 Å². The summed E-state index contributed by atoms with van der Waals surface area (Å²) in [6.45, 7) is 13.4. The lowest BCUT2D eigenvalue weighted by atomic mass is 9.94. The van der Waals surface area contributed by atoms with Crippen LogP contribution < -0.4 is 29.6 Å². The summed E-state index contributed by atoms with van der Waals surface area (Å²) >= 11 is 0. The minimum absolute atomic E-state index is 0.0368. The van der Waals surface area contributed by atoms with Gasteiger partial charge in [0.05, 0.1) is 10.8 Å². The van der Waals surface area contributed by atoms with Crippen LogP contribution in [0.2, 0.25) is 0 Å². The van der Waals surface area contributed by atoms with Gasteiger partial charge in [-0.1, -0.05) is 100.0 Å². The summed E-state index contributed by atoms with van der Waals surface area (Å²) in [6.07, 6.45) is 5.60. The predicted molar refractivity (Wildman–Crippen MR) is 263 cm³/mol. The largest absolute Gasteiger partial charge is 0.454 e. The maximum atomic E-state index is 13.4. The van der Waals surface area contributed by atoms with Crippen LogP contribution >= 0.6 is 0 Å². The molecule has 2 aliphatic carbocycles. The fourth-order valence-corrected chi connectivity index (χ4v) is 9.38. The molecule has 2 saturated carbocycles. The van der Waals surface area contributed by atoms with E-state index in [2.05, 4.69) is 130 Å². The molecule has 0 aromatic heterocycles. The molecule has 0 bridgehead atoms. The summed E-state index contributed by atoms with van der Waals surface area (Å²) in [6, 6.07) is 41.5. The second-order valence-corrected chi connectivity index (χ2v) is 19.0. The third-order valence-corrected chi connectivity index (χ3v) is 13.4. The molecular weight excluding hydrogens is 823 g/mol. The van der Waals surface area contributed by atoms with E-state index in [9.17, 15) is 9.59 Å². The molecule has 0 radical (unpaired) electrons. The van der Waals surface area contributed by atoms with Gasteiger partial charge < -0.3 is 34.5 Å². The van der Waals surface area contributed by atoms with E-state index in [1.165, 1.54) is 27.8 Å². The van der Waals surface area contributed by atoms with Crippen LogP contribution in [-0.2, 0) is 33.4 Å². The maximum Gasteiger partial charge on any atom is 0.235 e. The molecule has 0 unspecified atom stereocenters. The summed E-state index contributed by atoms with van der Waals surface area (Å²) < 4.78 is 21.9. The van der Waals surface area contributed by atoms with E-state index in [1.54, 1.807) is 0 Å². The third-order valence-electron chi connectivity index (χ3n) is 13.4. The summed E-state index contributed by atoms with van der Waals surface area (Å²) in [4.78, 5) is 29.0. The lowest BCUT2D eigenvalue weighted by Crippen LogP contribution is -2.27. The van der Waals surface area contributed by atoms with Gasteiger partial charge >= 0.3 is 0 Å². The monoisotopic (exact) mass is 883 g/mol. The van der Waals surface area contributed by atoms with E-state index < -0.39 is 10.8 Å². The van der Waals surface area contributed by atoms with E-state index in [4.69, 9.17) is 18.9 Å². The predicted octanol–water partition coefficient (Wildman–Crippen LogP) is 12.2. The molecule has 340 valence electrons. The Hall–Kier alpha value is -6.58. The summed E-state index contributed by atoms with van der Waals surface area (Å²) in [5, 5.41) is 6.36. The average Bonchev–Trinajstić information content (AvgIpc) is 4.21. The van der Waals surface area contributed by atoms with Crippen molar-refractivity contribution in [2.45, 2.75) is 90.5 Å². The number of nitrogens with zero attached hydrogens (tertiary/aromatic N) is 1. The van der Waals surface area contributed by atoms with Crippen molar-refractivity contribution in [2.75, 3.05) is 37.8 Å². The zero-order valence-corrected chi connectivity index (χ0v) is 39.1. The van der Waals surface area contributed by atoms with Crippen molar-refractivity contribution < 1.29 is 28.5 Å². The molecular formula is C57H61N3O6. The van der Waals surface area contributed by atoms with Gasteiger partial charge in [0.15, 0.2) is 23.0 Å². The van der Waals surface area contributed by atoms with E-state index in [1.807, 2.05) is 48.5 Å². The lowest BCUT2D eigenvalue weighted by molar-refractivity contribution is -0.119. The Kier molecular flexibility index (Phi) is 12.7. The van der Waals surface area contributed by atoms with Crippen molar-refractivity contribution in [1.29, 1.82) is 0 Å². The molecule has 6 aromatic rings. The minimum atomic E-state index is -0.490. The number of carbonyl (C=O) groups excluding carboxylic acids is 2. The van der Waals surface area contributed by atoms with Crippen LogP contribution in [0.5, 0.6) is 23.0 Å². The van der Waals surface area contributed by atoms with Crippen molar-refractivity contribution in [3.8, 4) is 45.3 Å². The molecule has 6 aromatic carbocycles. The number of fused-ring (bicyclic) bond motifs is 2. The Labute approximate surface area is 389 Å². The number of hydrogen-bond acceptors (Lipinski definition) is 7. The van der Waals surface area contributed by atoms with Crippen LogP contribution in [0.1, 0.15) is 86.3 Å². The summed E-state index contributed by atoms with van der Waals surface area (Å²) in [5.74, 6) is 3.66. The number of carbonyl (C=O) groups is 2. The second kappa shape index (κ2) is 18.7.